The van der Waals surface area contributed by atoms with Gasteiger partial charge in [0.25, 0.3) is 0 Å². The number of hydrogen-bond acceptors (Lipinski definition) is 4. The molecular formula is C11H11F2N3S. The van der Waals surface area contributed by atoms with Crippen LogP contribution in [0.1, 0.15) is 16.8 Å². The van der Waals surface area contributed by atoms with Crippen LogP contribution < -0.4 is 5.32 Å². The van der Waals surface area contributed by atoms with Crippen LogP contribution in [-0.2, 0) is 13.0 Å². The maximum absolute atomic E-state index is 13.2. The molecule has 0 atom stereocenters. The van der Waals surface area contributed by atoms with Gasteiger partial charge < -0.3 is 5.32 Å². The van der Waals surface area contributed by atoms with Crippen LogP contribution in [0.2, 0.25) is 0 Å². The fourth-order valence-corrected chi connectivity index (χ4v) is 2.10. The molecule has 17 heavy (non-hydrogen) atoms. The first-order chi connectivity index (χ1) is 8.19. The summed E-state index contributed by atoms with van der Waals surface area (Å²) in [7, 11) is 0. The molecule has 0 unspecified atom stereocenters. The van der Waals surface area contributed by atoms with Gasteiger partial charge in [-0.15, -0.1) is 11.3 Å². The van der Waals surface area contributed by atoms with Gasteiger partial charge >= 0.3 is 0 Å². The SMILES string of the molecule is CCc1cnc(CNc2ncc(F)cc2F)s1. The Kier molecular flexibility index (Phi) is 3.63. The molecule has 0 amide bonds. The molecule has 2 aromatic rings. The Labute approximate surface area is 102 Å². The molecule has 0 saturated carbocycles. The number of nitrogens with zero attached hydrogens (tertiary/aromatic N) is 2. The Bertz CT molecular complexity index is 513. The average molecular weight is 255 g/mol. The molecule has 2 heterocycles. The van der Waals surface area contributed by atoms with E-state index in [-0.39, 0.29) is 5.82 Å². The number of thiazole rings is 1. The molecule has 0 saturated heterocycles. The highest BCUT2D eigenvalue weighted by molar-refractivity contribution is 7.11. The van der Waals surface area contributed by atoms with Gasteiger partial charge in [-0.3, -0.25) is 0 Å². The third-order valence-electron chi connectivity index (χ3n) is 2.16. The zero-order valence-electron chi connectivity index (χ0n) is 9.20. The third kappa shape index (κ3) is 2.97. The molecule has 2 rings (SSSR count). The lowest BCUT2D eigenvalue weighted by molar-refractivity contribution is 0.575. The van der Waals surface area contributed by atoms with E-state index in [1.165, 1.54) is 4.88 Å². The van der Waals surface area contributed by atoms with Gasteiger partial charge in [-0.25, -0.2) is 18.7 Å². The van der Waals surface area contributed by atoms with Crippen LogP contribution in [0.25, 0.3) is 0 Å². The Balaban J connectivity index is 2.02. The van der Waals surface area contributed by atoms with Crippen LogP contribution in [0, 0.1) is 11.6 Å². The largest absolute Gasteiger partial charge is 0.361 e. The van der Waals surface area contributed by atoms with E-state index in [9.17, 15) is 8.78 Å². The Hall–Kier alpha value is -1.56. The summed E-state index contributed by atoms with van der Waals surface area (Å²) < 4.78 is 25.9. The number of pyridine rings is 1. The lowest BCUT2D eigenvalue weighted by Crippen LogP contribution is -2.03. The smallest absolute Gasteiger partial charge is 0.168 e. The molecule has 1 N–H and O–H groups in total. The van der Waals surface area contributed by atoms with Crippen molar-refractivity contribution in [3.8, 4) is 0 Å². The molecule has 0 bridgehead atoms. The zero-order valence-corrected chi connectivity index (χ0v) is 10.0. The van der Waals surface area contributed by atoms with Crippen molar-refractivity contribution in [1.29, 1.82) is 0 Å². The first kappa shape index (κ1) is 11.9. The molecule has 90 valence electrons. The van der Waals surface area contributed by atoms with Crippen molar-refractivity contribution in [2.45, 2.75) is 19.9 Å². The standard InChI is InChI=1S/C11H11F2N3S/c1-2-8-5-14-10(17-8)6-16-11-9(13)3-7(12)4-15-11/h3-5H,2,6H2,1H3,(H,15,16). The summed E-state index contributed by atoms with van der Waals surface area (Å²) in [6.07, 6.45) is 3.71. The fraction of sp³-hybridized carbons (Fsp3) is 0.273. The highest BCUT2D eigenvalue weighted by Gasteiger charge is 2.06. The topological polar surface area (TPSA) is 37.8 Å². The van der Waals surface area contributed by atoms with Crippen molar-refractivity contribution >= 4 is 17.2 Å². The number of nitrogens with one attached hydrogen (secondary N) is 1. The normalized spacial score (nSPS) is 10.5. The van der Waals surface area contributed by atoms with E-state index >= 15 is 0 Å². The van der Waals surface area contributed by atoms with E-state index < -0.39 is 11.6 Å². The first-order valence-electron chi connectivity index (χ1n) is 5.17. The highest BCUT2D eigenvalue weighted by Crippen LogP contribution is 2.16. The number of hydrogen-bond donors (Lipinski definition) is 1. The van der Waals surface area contributed by atoms with Crippen LogP contribution in [0.4, 0.5) is 14.6 Å². The second kappa shape index (κ2) is 5.18. The summed E-state index contributed by atoms with van der Waals surface area (Å²) in [5.41, 5.74) is 0. The first-order valence-corrected chi connectivity index (χ1v) is 5.99. The number of aromatic nitrogens is 2. The maximum Gasteiger partial charge on any atom is 0.168 e. The summed E-state index contributed by atoms with van der Waals surface area (Å²) in [6, 6.07) is 0.800. The second-order valence-electron chi connectivity index (χ2n) is 3.41. The van der Waals surface area contributed by atoms with Gasteiger partial charge in [-0.05, 0) is 6.42 Å². The predicted octanol–water partition coefficient (Wildman–Crippen LogP) is 2.99. The van der Waals surface area contributed by atoms with E-state index in [2.05, 4.69) is 15.3 Å². The van der Waals surface area contributed by atoms with E-state index in [0.29, 0.717) is 6.54 Å². The molecule has 6 heteroatoms. The van der Waals surface area contributed by atoms with Gasteiger partial charge in [0.15, 0.2) is 11.6 Å². The van der Waals surface area contributed by atoms with Crippen LogP contribution in [-0.4, -0.2) is 9.97 Å². The average Bonchev–Trinajstić information content (AvgIpc) is 2.76. The monoisotopic (exact) mass is 255 g/mol. The minimum absolute atomic E-state index is 0.0413. The summed E-state index contributed by atoms with van der Waals surface area (Å²) >= 11 is 1.56. The molecule has 0 aliphatic heterocycles. The van der Waals surface area contributed by atoms with Crippen molar-refractivity contribution in [2.24, 2.45) is 0 Å². The minimum atomic E-state index is -0.697. The van der Waals surface area contributed by atoms with Crippen molar-refractivity contribution in [3.05, 3.63) is 40.0 Å². The van der Waals surface area contributed by atoms with Gasteiger partial charge in [-0.2, -0.15) is 0 Å². The number of aryl methyl sites for hydroxylation is 1. The van der Waals surface area contributed by atoms with Gasteiger partial charge in [0.2, 0.25) is 0 Å². The van der Waals surface area contributed by atoms with Crippen LogP contribution in [0.15, 0.2) is 18.5 Å². The molecular weight excluding hydrogens is 244 g/mol. The molecule has 0 aromatic carbocycles. The van der Waals surface area contributed by atoms with Crippen molar-refractivity contribution < 1.29 is 8.78 Å². The van der Waals surface area contributed by atoms with E-state index in [4.69, 9.17) is 0 Å². The third-order valence-corrected chi connectivity index (χ3v) is 3.31. The number of rotatable bonds is 4. The molecule has 2 aromatic heterocycles. The van der Waals surface area contributed by atoms with Gasteiger partial charge in [0.1, 0.15) is 10.8 Å². The lowest BCUT2D eigenvalue weighted by Gasteiger charge is -2.03. The van der Waals surface area contributed by atoms with Crippen molar-refractivity contribution in [2.75, 3.05) is 5.32 Å². The maximum atomic E-state index is 13.2. The van der Waals surface area contributed by atoms with Gasteiger partial charge in [0, 0.05) is 17.1 Å². The van der Waals surface area contributed by atoms with Crippen LogP contribution >= 0.6 is 11.3 Å². The second-order valence-corrected chi connectivity index (χ2v) is 4.61. The summed E-state index contributed by atoms with van der Waals surface area (Å²) in [4.78, 5) is 8.99. The molecule has 0 aliphatic carbocycles. The Morgan fingerprint density at radius 2 is 2.12 bits per heavy atom. The molecule has 0 aliphatic rings. The van der Waals surface area contributed by atoms with E-state index in [1.807, 2.05) is 6.92 Å². The predicted molar refractivity (Wildman–Crippen MR) is 63.0 cm³/mol. The summed E-state index contributed by atoms with van der Waals surface area (Å²) in [6.45, 7) is 2.44. The summed E-state index contributed by atoms with van der Waals surface area (Å²) in [5.74, 6) is -1.34. The van der Waals surface area contributed by atoms with Crippen molar-refractivity contribution in [3.63, 3.8) is 0 Å². The van der Waals surface area contributed by atoms with E-state index in [0.717, 1.165) is 23.7 Å². The molecule has 3 nitrogen and oxygen atoms in total. The Morgan fingerprint density at radius 3 is 2.76 bits per heavy atom. The van der Waals surface area contributed by atoms with E-state index in [1.54, 1.807) is 17.5 Å². The van der Waals surface area contributed by atoms with Crippen LogP contribution in [0.5, 0.6) is 0 Å². The fourth-order valence-electron chi connectivity index (χ4n) is 1.30. The lowest BCUT2D eigenvalue weighted by atomic mass is 10.4. The van der Waals surface area contributed by atoms with Crippen molar-refractivity contribution in [1.82, 2.24) is 9.97 Å². The molecule has 0 spiro atoms. The molecule has 0 fully saturated rings. The zero-order chi connectivity index (χ0) is 12.3. The number of anilines is 1. The van der Waals surface area contributed by atoms with Gasteiger partial charge in [-0.1, -0.05) is 6.92 Å². The Morgan fingerprint density at radius 1 is 1.29 bits per heavy atom. The quantitative estimate of drug-likeness (QED) is 0.912. The minimum Gasteiger partial charge on any atom is -0.361 e. The number of halogens is 2. The summed E-state index contributed by atoms with van der Waals surface area (Å²) in [5, 5.41) is 3.64. The van der Waals surface area contributed by atoms with Gasteiger partial charge in [0.05, 0.1) is 12.7 Å². The highest BCUT2D eigenvalue weighted by atomic mass is 32.1. The molecule has 0 radical (unpaired) electrons. The van der Waals surface area contributed by atoms with Crippen LogP contribution in [0.3, 0.4) is 0 Å².